The third-order valence-electron chi connectivity index (χ3n) is 18.2. The van der Waals surface area contributed by atoms with Gasteiger partial charge in [-0.1, -0.05) is 399 Å². The summed E-state index contributed by atoms with van der Waals surface area (Å²) >= 11 is 0. The molecule has 3 atom stereocenters. The molecule has 0 aliphatic carbocycles. The first-order valence-electron chi connectivity index (χ1n) is 40.8. The average Bonchev–Trinajstić information content (AvgIpc) is 2.01. The van der Waals surface area contributed by atoms with Crippen LogP contribution in [0.2, 0.25) is 0 Å². The second-order valence-electron chi connectivity index (χ2n) is 28.8. The maximum absolute atomic E-state index is 13.1. The van der Waals surface area contributed by atoms with E-state index in [-0.39, 0.29) is 19.1 Å². The lowest BCUT2D eigenvalue weighted by Crippen LogP contribution is -2.45. The highest BCUT2D eigenvalue weighted by molar-refractivity contribution is 7.47. The van der Waals surface area contributed by atoms with E-state index in [0.29, 0.717) is 17.4 Å². The van der Waals surface area contributed by atoms with E-state index in [1.54, 1.807) is 6.08 Å². The van der Waals surface area contributed by atoms with Gasteiger partial charge < -0.3 is 19.8 Å². The number of allylic oxidation sites excluding steroid dienone is 17. The molecule has 0 aliphatic heterocycles. The van der Waals surface area contributed by atoms with Gasteiger partial charge in [-0.2, -0.15) is 0 Å². The van der Waals surface area contributed by atoms with Gasteiger partial charge in [0, 0.05) is 6.42 Å². The Morgan fingerprint density at radius 1 is 0.368 bits per heavy atom. The van der Waals surface area contributed by atoms with Crippen LogP contribution in [-0.4, -0.2) is 73.4 Å². The van der Waals surface area contributed by atoms with Crippen LogP contribution in [0.5, 0.6) is 0 Å². The fourth-order valence-corrected chi connectivity index (χ4v) is 12.7. The summed E-state index contributed by atoms with van der Waals surface area (Å²) in [6.45, 7) is 4.75. The quantitative estimate of drug-likeness (QED) is 0.0243. The molecule has 0 fully saturated rings. The van der Waals surface area contributed by atoms with Crippen molar-refractivity contribution in [2.24, 2.45) is 0 Å². The van der Waals surface area contributed by atoms with E-state index in [2.05, 4.69) is 116 Å². The Bertz CT molecular complexity index is 1930. The molecule has 0 radical (unpaired) electrons. The molecule has 8 nitrogen and oxygen atoms in total. The SMILES string of the molecule is CC/C=C\C/C=C\C/C=C\C/C=C\C/C=C\C/C=C\C/C=C\C/C=C\CCCCCCCCCCCCCCCCCCC(=O)NC(COP(=O)(O)OCC[N+](C)(C)C)C(O)/C=C/CCCCCCCCCCCCCCCCCCCCCCCCCCCCCCCC. The molecule has 0 rings (SSSR count). The van der Waals surface area contributed by atoms with Gasteiger partial charge in [0.25, 0.3) is 0 Å². The molecule has 9 heteroatoms. The number of hydrogen-bond donors (Lipinski definition) is 3. The molecule has 3 unspecified atom stereocenters. The van der Waals surface area contributed by atoms with E-state index in [9.17, 15) is 19.4 Å². The predicted octanol–water partition coefficient (Wildman–Crippen LogP) is 27.0. The zero-order valence-corrected chi connectivity index (χ0v) is 64.3. The first-order chi connectivity index (χ1) is 46.5. The van der Waals surface area contributed by atoms with Crippen molar-refractivity contribution in [1.82, 2.24) is 5.32 Å². The Hall–Kier alpha value is -2.84. The van der Waals surface area contributed by atoms with E-state index in [1.165, 1.54) is 270 Å². The lowest BCUT2D eigenvalue weighted by atomic mass is 10.0. The van der Waals surface area contributed by atoms with Crippen LogP contribution in [0.4, 0.5) is 0 Å². The number of hydrogen-bond acceptors (Lipinski definition) is 5. The number of phosphoric acid groups is 1. The molecule has 0 aromatic rings. The van der Waals surface area contributed by atoms with Gasteiger partial charge in [-0.15, -0.1) is 0 Å². The fraction of sp³-hybridized carbons (Fsp3) is 0.779. The van der Waals surface area contributed by atoms with Gasteiger partial charge in [0.1, 0.15) is 13.2 Å². The number of carbonyl (C=O) groups is 1. The molecular weight excluding hydrogens is 1190 g/mol. The van der Waals surface area contributed by atoms with Crippen molar-refractivity contribution >= 4 is 13.7 Å². The van der Waals surface area contributed by atoms with Crippen LogP contribution in [0.25, 0.3) is 0 Å². The van der Waals surface area contributed by atoms with E-state index in [1.807, 2.05) is 27.2 Å². The Labute approximate surface area is 591 Å². The van der Waals surface area contributed by atoms with Crippen LogP contribution in [0.1, 0.15) is 380 Å². The lowest BCUT2D eigenvalue weighted by molar-refractivity contribution is -0.870. The fourth-order valence-electron chi connectivity index (χ4n) is 12.0. The van der Waals surface area contributed by atoms with Gasteiger partial charge in [0.2, 0.25) is 5.91 Å². The second kappa shape index (κ2) is 75.4. The third-order valence-corrected chi connectivity index (χ3v) is 19.2. The summed E-state index contributed by atoms with van der Waals surface area (Å²) in [4.78, 5) is 23.5. The van der Waals surface area contributed by atoms with Crippen molar-refractivity contribution in [3.63, 3.8) is 0 Å². The molecule has 1 amide bonds. The molecule has 0 aromatic carbocycles. The summed E-state index contributed by atoms with van der Waals surface area (Å²) < 4.78 is 23.9. The summed E-state index contributed by atoms with van der Waals surface area (Å²) in [5, 5.41) is 14.1. The maximum atomic E-state index is 13.1. The number of carbonyl (C=O) groups excluding carboxylic acids is 1. The lowest BCUT2D eigenvalue weighted by Gasteiger charge is -2.25. The van der Waals surface area contributed by atoms with Gasteiger partial charge in [-0.3, -0.25) is 13.8 Å². The number of aliphatic hydroxyl groups excluding tert-OH is 1. The van der Waals surface area contributed by atoms with Gasteiger partial charge in [0.05, 0.1) is 39.9 Å². The highest BCUT2D eigenvalue weighted by atomic mass is 31.2. The minimum atomic E-state index is -4.36. The van der Waals surface area contributed by atoms with Gasteiger partial charge >= 0.3 is 7.82 Å². The van der Waals surface area contributed by atoms with Crippen molar-refractivity contribution in [2.75, 3.05) is 40.9 Å². The summed E-state index contributed by atoms with van der Waals surface area (Å²) in [5.74, 6) is -0.174. The van der Waals surface area contributed by atoms with Gasteiger partial charge in [-0.25, -0.2) is 4.57 Å². The minimum absolute atomic E-state index is 0.0596. The number of aliphatic hydroxyl groups is 1. The Morgan fingerprint density at radius 2 is 0.632 bits per heavy atom. The molecular formula is C86H158N2O6P+. The molecule has 0 aliphatic rings. The summed E-state index contributed by atoms with van der Waals surface area (Å²) in [6.07, 6.45) is 111. The van der Waals surface area contributed by atoms with Crippen LogP contribution in [0, 0.1) is 0 Å². The zero-order valence-electron chi connectivity index (χ0n) is 63.4. The number of rotatable bonds is 75. The van der Waals surface area contributed by atoms with Crippen molar-refractivity contribution < 1.29 is 32.9 Å². The van der Waals surface area contributed by atoms with E-state index < -0.39 is 20.0 Å². The number of likely N-dealkylation sites (N-methyl/N-ethyl adjacent to an activating group) is 1. The molecule has 0 bridgehead atoms. The van der Waals surface area contributed by atoms with Crippen LogP contribution < -0.4 is 5.32 Å². The number of phosphoric ester groups is 1. The molecule has 0 saturated heterocycles. The zero-order chi connectivity index (χ0) is 69.0. The molecule has 0 spiro atoms. The van der Waals surface area contributed by atoms with E-state index in [4.69, 9.17) is 9.05 Å². The standard InChI is InChI=1S/C86H157N2O6P/c1-6-8-10-12-14-16-18-20-22-24-26-28-30-32-34-36-38-40-41-42-43-44-45-46-47-48-50-52-54-56-58-60-62-64-66-68-70-72-74-76-78-80-86(90)87-84(83-94-95(91,92)93-82-81-88(3,4)5)85(89)79-77-75-73-71-69-67-65-63-61-59-57-55-53-51-49-39-37-35-33-31-29-27-25-23-21-19-17-15-13-11-9-7-2/h8,10,14,16,20,22,26,28,32,34,38,40,42-43,45-46,77,79,84-85,89H,6-7,9,11-13,15,17-19,21,23-25,27,29-31,33,35-37,39,41,44,47-76,78,80-83H2,1-5H3,(H-,87,90,91,92)/p+1/b10-8-,16-14-,22-20-,28-26-,34-32-,40-38-,43-42-,46-45-,79-77+. The summed E-state index contributed by atoms with van der Waals surface area (Å²) in [7, 11) is 1.58. The normalized spacial score (nSPS) is 14.1. The molecule has 0 heterocycles. The first-order valence-corrected chi connectivity index (χ1v) is 42.3. The number of nitrogens with one attached hydrogen (secondary N) is 1. The average molecular weight is 1350 g/mol. The van der Waals surface area contributed by atoms with Gasteiger partial charge in [-0.05, 0) is 83.5 Å². The number of amides is 1. The molecule has 0 aromatic heterocycles. The van der Waals surface area contributed by atoms with Crippen LogP contribution in [0.3, 0.4) is 0 Å². The number of unbranched alkanes of at least 4 members (excludes halogenated alkanes) is 46. The largest absolute Gasteiger partial charge is 0.472 e. The summed E-state index contributed by atoms with van der Waals surface area (Å²) in [5.41, 5.74) is 0. The molecule has 3 N–H and O–H groups in total. The topological polar surface area (TPSA) is 105 Å². The highest BCUT2D eigenvalue weighted by Crippen LogP contribution is 2.43. The maximum Gasteiger partial charge on any atom is 0.472 e. The number of quaternary nitrogens is 1. The van der Waals surface area contributed by atoms with Crippen LogP contribution >= 0.6 is 7.82 Å². The Morgan fingerprint density at radius 3 is 0.926 bits per heavy atom. The highest BCUT2D eigenvalue weighted by Gasteiger charge is 2.28. The Balaban J connectivity index is 3.99. The minimum Gasteiger partial charge on any atom is -0.387 e. The van der Waals surface area contributed by atoms with Gasteiger partial charge in [0.15, 0.2) is 0 Å². The van der Waals surface area contributed by atoms with E-state index >= 15 is 0 Å². The first kappa shape index (κ1) is 92.2. The third kappa shape index (κ3) is 78.4. The van der Waals surface area contributed by atoms with E-state index in [0.717, 1.165) is 89.9 Å². The van der Waals surface area contributed by atoms with Crippen molar-refractivity contribution in [1.29, 1.82) is 0 Å². The monoisotopic (exact) mass is 1350 g/mol. The van der Waals surface area contributed by atoms with Crippen LogP contribution in [-0.2, 0) is 18.4 Å². The van der Waals surface area contributed by atoms with Crippen molar-refractivity contribution in [3.05, 3.63) is 109 Å². The smallest absolute Gasteiger partial charge is 0.387 e. The molecule has 552 valence electrons. The predicted molar refractivity (Wildman–Crippen MR) is 419 cm³/mol. The van der Waals surface area contributed by atoms with Crippen LogP contribution in [0.15, 0.2) is 109 Å². The summed E-state index contributed by atoms with van der Waals surface area (Å²) in [6, 6.07) is -0.854. The number of nitrogens with zero attached hydrogens (tertiary/aromatic N) is 1. The van der Waals surface area contributed by atoms with Crippen molar-refractivity contribution in [3.8, 4) is 0 Å². The van der Waals surface area contributed by atoms with Crippen molar-refractivity contribution in [2.45, 2.75) is 392 Å². The molecule has 0 saturated carbocycles. The molecule has 95 heavy (non-hydrogen) atoms. The Kier molecular flexibility index (Phi) is 73.1. The second-order valence-corrected chi connectivity index (χ2v) is 30.2.